The predicted octanol–water partition coefficient (Wildman–Crippen LogP) is 34.7. The Morgan fingerprint density at radius 1 is 0.423 bits per heavy atom. The number of thiazole rings is 1. The second kappa shape index (κ2) is 117. The molecule has 19 heteroatoms. The molecule has 3 aromatic rings. The van der Waals surface area contributed by atoms with Crippen molar-refractivity contribution in [3.05, 3.63) is 85.1 Å². The first-order valence-corrected chi connectivity index (χ1v) is 51.8. The fraction of sp³-hybridized carbons (Fsp3) is 0.874. The molecule has 0 bridgehead atoms. The third-order valence-electron chi connectivity index (χ3n) is 14.3. The number of piperidine rings is 1. The molecule has 3 aromatic heterocycles. The Morgan fingerprint density at radius 3 is 0.962 bits per heavy atom. The van der Waals surface area contributed by atoms with Gasteiger partial charge in [0.05, 0.1) is 55.0 Å². The molecule has 0 spiro atoms. The van der Waals surface area contributed by atoms with Gasteiger partial charge in [-0.15, -0.1) is 24.4 Å². The number of morpholine rings is 1. The molecule has 0 aliphatic carbocycles. The van der Waals surface area contributed by atoms with E-state index in [4.69, 9.17) is 14.2 Å². The number of aromatic nitrogens is 5. The standard InChI is InChI=1S/C10H21NS.C10H21N.C9H19N2.C9H19NO.C9H20O2.2C8H12N2.C7H11NS.C6H14O.C6H14.12C2H6.3CH4.2CH3.Re.Rf.Rh/c1-10(2,3)9-11-5-7-12(4)8-6-11;1-10(2,3)9-11-7-5-4-6-8-11;1-9(2,3)8-11-6-4-10-5-7-11;1-9(2,3)8-10-4-6-11-7-5-10;1-8(2,3)6-11-7-9(4,5)10;1-8(2,3)7-6-9-4-5-10-7;1-8(2,3)7-5-4-6-9-10-7;1-7(2,3)6-8-4-5-9-6;1-6(2,3)5-7-4;1-5-6(2,3)4;12*1-2;;;;;;;;/h4-9H2,1-3H3;4-9H2,1-3H3;2*4-8H2,1-3H3;10H,6-7H2,1-5H3;2*4-6H,1-3H3;4-5H,1-3H3;5H2,1-4H3;5H2,1-4H3;12*1-2H3;3*1H4;2*1H3;;;/q;;-1;;;;;;;;;;;;;;;;;;;;;;;2*-1;;;. The molecule has 804 valence electrons. The molecule has 130 heavy (non-hydrogen) atoms. The summed E-state index contributed by atoms with van der Waals surface area (Å²) in [4.78, 5) is 22.5. The molecule has 4 saturated heterocycles. The van der Waals surface area contributed by atoms with Crippen molar-refractivity contribution in [1.29, 1.82) is 0 Å². The van der Waals surface area contributed by atoms with Crippen LogP contribution in [0.5, 0.6) is 0 Å². The molecule has 0 unspecified atom stereocenters. The second-order valence-corrected chi connectivity index (χ2v) is 42.2. The molecule has 1 N–H and O–H groups in total. The van der Waals surface area contributed by atoms with Crippen LogP contribution in [0.4, 0.5) is 0 Å². The molecule has 7 rings (SSSR count). The summed E-state index contributed by atoms with van der Waals surface area (Å²) in [6, 6.07) is 3.90. The van der Waals surface area contributed by atoms with E-state index in [2.05, 4.69) is 271 Å². The van der Waals surface area contributed by atoms with Crippen LogP contribution in [0, 0.1) is 52.8 Å². The molecule has 0 saturated carbocycles. The topological polar surface area (TPSA) is 139 Å². The number of hydrogen-bond acceptors (Lipinski definition) is 14. The van der Waals surface area contributed by atoms with E-state index in [1.807, 2.05) is 190 Å². The van der Waals surface area contributed by atoms with Gasteiger partial charge in [-0.3, -0.25) is 14.9 Å². The van der Waals surface area contributed by atoms with E-state index in [9.17, 15) is 5.11 Å². The zero-order valence-electron chi connectivity index (χ0n) is 98.4. The Balaban J connectivity index is -0.0000000452. The first-order valence-electron chi connectivity index (χ1n) is 49.2. The summed E-state index contributed by atoms with van der Waals surface area (Å²) in [5, 5.41) is 24.6. The van der Waals surface area contributed by atoms with Gasteiger partial charge in [0.2, 0.25) is 0 Å². The normalized spacial score (nSPS) is 13.2. The van der Waals surface area contributed by atoms with E-state index in [1.54, 1.807) is 57.1 Å². The van der Waals surface area contributed by atoms with Crippen LogP contribution < -0.4 is 0 Å². The average Bonchev–Trinajstić information content (AvgIpc) is 1.74. The molecule has 2 radical (unpaired) electrons. The minimum atomic E-state index is -0.703. The molecular formula is C111H253N10O4ReRfRhS2-3. The Kier molecular flexibility index (Phi) is 169. The second-order valence-electron chi connectivity index (χ2n) is 39.3. The maximum absolute atomic E-state index is 9.29. The van der Waals surface area contributed by atoms with Crippen molar-refractivity contribution >= 4 is 27.7 Å². The van der Waals surface area contributed by atoms with Gasteiger partial charge in [0.25, 0.3) is 0 Å². The number of ether oxygens (including phenoxy) is 3. The van der Waals surface area contributed by atoms with Crippen LogP contribution in [0.1, 0.15) is 459 Å². The molecule has 4 aliphatic rings. The molecule has 4 aliphatic heterocycles. The SMILES string of the molecule is C.C.C.C=S1CCN(CC(C)(C)C)CC1.CC.CC.CC.CC.CC.CC.CC.CC.CC.CC.CC.CC.CC(C)(C)CN1CCCCC1.CC(C)(C)CN1CCOCC1.CC(C)(C)CN1CC[N-]CC1.CC(C)(C)COCC(C)(C)O.CC(C)(C)c1cccnn1.CC(C)(C)c1cnccn1.CC(C)(C)c1nccs1.CCC(C)(C)C.COCC(C)(C)C.[CH3-].[CH3-].[Re].[Rf].[Rh]. The van der Waals surface area contributed by atoms with Crippen LogP contribution in [0.2, 0.25) is 0 Å². The molecule has 0 amide bonds. The summed E-state index contributed by atoms with van der Waals surface area (Å²) in [7, 11) is 2.20. The van der Waals surface area contributed by atoms with E-state index in [-0.39, 0.29) is 98.7 Å². The maximum Gasteiger partial charge on any atom is 0.0978 e. The number of piperazine rings is 1. The van der Waals surface area contributed by atoms with Crippen LogP contribution in [-0.2, 0) is 70.4 Å². The van der Waals surface area contributed by atoms with Crippen molar-refractivity contribution < 1.29 is 59.2 Å². The number of nitrogens with zero attached hydrogens (tertiary/aromatic N) is 10. The van der Waals surface area contributed by atoms with Crippen LogP contribution in [0.3, 0.4) is 0 Å². The van der Waals surface area contributed by atoms with Crippen LogP contribution in [0.15, 0.2) is 48.5 Å². The van der Waals surface area contributed by atoms with E-state index >= 15 is 0 Å². The van der Waals surface area contributed by atoms with Gasteiger partial charge in [0.15, 0.2) is 0 Å². The molecular weight excluding hydrogens is 2160 g/mol. The first kappa shape index (κ1) is 187. The number of hydrogen-bond donors (Lipinski definition) is 1. The van der Waals surface area contributed by atoms with Crippen molar-refractivity contribution in [3.63, 3.8) is 0 Å². The molecule has 0 aromatic carbocycles. The smallest absolute Gasteiger partial charge is 0.0978 e. The summed E-state index contributed by atoms with van der Waals surface area (Å²) in [6.45, 7) is 141. The Labute approximate surface area is 856 Å². The van der Waals surface area contributed by atoms with Crippen molar-refractivity contribution in [3.8, 4) is 0 Å². The number of methoxy groups -OCH3 is 1. The monoisotopic (exact) mass is 2410 g/mol. The fourth-order valence-electron chi connectivity index (χ4n) is 9.28. The van der Waals surface area contributed by atoms with E-state index < -0.39 is 5.60 Å². The first-order chi connectivity index (χ1) is 56.4. The minimum absolute atomic E-state index is 0. The van der Waals surface area contributed by atoms with Crippen LogP contribution in [0.25, 0.3) is 5.32 Å². The third-order valence-corrected chi connectivity index (χ3v) is 17.0. The number of aliphatic hydroxyl groups is 1. The van der Waals surface area contributed by atoms with Gasteiger partial charge in [-0.25, -0.2) is 4.98 Å². The molecule has 0 atom stereocenters. The zero-order valence-corrected chi connectivity index (χ0v) is 111. The summed E-state index contributed by atoms with van der Waals surface area (Å²) in [6.07, 6.45) is 14.3. The van der Waals surface area contributed by atoms with Gasteiger partial charge in [0, 0.05) is 163 Å². The van der Waals surface area contributed by atoms with Crippen molar-refractivity contribution in [1.82, 2.24) is 44.7 Å². The van der Waals surface area contributed by atoms with Crippen molar-refractivity contribution in [2.45, 2.75) is 464 Å². The maximum atomic E-state index is 9.29. The predicted molar refractivity (Wildman–Crippen MR) is 605 cm³/mol. The Bertz CT molecular complexity index is 2220. The molecule has 14 nitrogen and oxygen atoms in total. The molecule has 7 heterocycles. The molecule has 4 fully saturated rings. The summed E-state index contributed by atoms with van der Waals surface area (Å²) >= 11 is 1.72. The number of rotatable bonds is 8. The van der Waals surface area contributed by atoms with Gasteiger partial charge < -0.3 is 54.2 Å². The Hall–Kier alpha value is -2.06. The fourth-order valence-corrected chi connectivity index (χ4v) is 11.2. The van der Waals surface area contributed by atoms with Crippen molar-refractivity contribution in [2.24, 2.45) is 37.9 Å². The third kappa shape index (κ3) is 169. The van der Waals surface area contributed by atoms with Gasteiger partial charge in [-0.2, -0.15) is 20.7 Å². The van der Waals surface area contributed by atoms with E-state index in [0.717, 1.165) is 70.5 Å². The van der Waals surface area contributed by atoms with Gasteiger partial charge in [-0.05, 0) is 103 Å². The minimum Gasteiger partial charge on any atom is -0.660 e. The number of likely N-dealkylation sites (tertiary alicyclic amines) is 1. The van der Waals surface area contributed by atoms with Crippen molar-refractivity contribution in [2.75, 3.05) is 143 Å². The van der Waals surface area contributed by atoms with E-state index in [0.29, 0.717) is 56.2 Å². The zero-order chi connectivity index (χ0) is 101. The average molecular weight is 2410 g/mol. The van der Waals surface area contributed by atoms with Crippen LogP contribution in [-0.4, -0.2) is 205 Å². The Morgan fingerprint density at radius 2 is 0.746 bits per heavy atom. The van der Waals surface area contributed by atoms with Gasteiger partial charge in [-0.1, -0.05) is 422 Å². The summed E-state index contributed by atoms with van der Waals surface area (Å²) in [5.74, 6) is 6.76. The van der Waals surface area contributed by atoms with Gasteiger partial charge in [0.1, 0.15) is 0 Å². The summed E-state index contributed by atoms with van der Waals surface area (Å²) in [5.41, 5.74) is 4.70. The van der Waals surface area contributed by atoms with Crippen LogP contribution >= 0.6 is 21.8 Å². The largest absolute Gasteiger partial charge is 0.660 e. The summed E-state index contributed by atoms with van der Waals surface area (Å²) < 4.78 is 15.5. The quantitative estimate of drug-likeness (QED) is 0.130. The van der Waals surface area contributed by atoms with E-state index in [1.165, 1.54) is 94.6 Å². The van der Waals surface area contributed by atoms with Gasteiger partial charge >= 0.3 is 0 Å².